The Balaban J connectivity index is 2.19. The van der Waals surface area contributed by atoms with Crippen LogP contribution < -0.4 is 5.73 Å². The van der Waals surface area contributed by atoms with Crippen LogP contribution in [0.5, 0.6) is 0 Å². The molecule has 3 rings (SSSR count). The molecule has 104 valence electrons. The zero-order valence-electron chi connectivity index (χ0n) is 12.1. The summed E-state index contributed by atoms with van der Waals surface area (Å²) < 4.78 is 2.20. The Hall–Kier alpha value is -1.65. The van der Waals surface area contributed by atoms with Crippen molar-refractivity contribution >= 4 is 16.3 Å². The fourth-order valence-corrected chi connectivity index (χ4v) is 3.52. The van der Waals surface area contributed by atoms with Crippen molar-refractivity contribution in [3.05, 3.63) is 46.1 Å². The zero-order chi connectivity index (χ0) is 14.3. The van der Waals surface area contributed by atoms with Gasteiger partial charge < -0.3 is 5.73 Å². The minimum Gasteiger partial charge on any atom is -0.325 e. The van der Waals surface area contributed by atoms with E-state index in [1.54, 1.807) is 11.3 Å². The largest absolute Gasteiger partial charge is 0.325 e. The summed E-state index contributed by atoms with van der Waals surface area (Å²) in [5.74, 6) is 0. The molecule has 2 heterocycles. The molecule has 0 aliphatic heterocycles. The first-order chi connectivity index (χ1) is 9.65. The van der Waals surface area contributed by atoms with Crippen molar-refractivity contribution in [3.63, 3.8) is 0 Å². The van der Waals surface area contributed by atoms with Crippen LogP contribution in [0.15, 0.2) is 24.3 Å². The standard InChI is InChI=1S/C16H19N3S/c1-4-12-5-7-13(8-6-12)15-14(9-17)19-10(2)11(3)20-16(19)18-15/h5-8H,4,9,17H2,1-3H3. The maximum absolute atomic E-state index is 5.98. The Labute approximate surface area is 123 Å². The lowest BCUT2D eigenvalue weighted by Crippen LogP contribution is -2.03. The molecule has 0 bridgehead atoms. The maximum Gasteiger partial charge on any atom is 0.194 e. The molecule has 4 heteroatoms. The van der Waals surface area contributed by atoms with Gasteiger partial charge in [-0.25, -0.2) is 4.98 Å². The Morgan fingerprint density at radius 2 is 1.90 bits per heavy atom. The molecule has 1 aromatic carbocycles. The molecule has 0 spiro atoms. The summed E-state index contributed by atoms with van der Waals surface area (Å²) in [5.41, 5.74) is 11.8. The smallest absolute Gasteiger partial charge is 0.194 e. The lowest BCUT2D eigenvalue weighted by molar-refractivity contribution is 0.941. The van der Waals surface area contributed by atoms with Gasteiger partial charge in [0, 0.05) is 22.7 Å². The van der Waals surface area contributed by atoms with E-state index in [-0.39, 0.29) is 0 Å². The number of nitrogens with zero attached hydrogens (tertiary/aromatic N) is 2. The van der Waals surface area contributed by atoms with Crippen molar-refractivity contribution < 1.29 is 0 Å². The van der Waals surface area contributed by atoms with E-state index < -0.39 is 0 Å². The van der Waals surface area contributed by atoms with Crippen molar-refractivity contribution in [1.82, 2.24) is 9.38 Å². The molecule has 2 N–H and O–H groups in total. The first-order valence-corrected chi connectivity index (χ1v) is 7.74. The minimum absolute atomic E-state index is 0.503. The van der Waals surface area contributed by atoms with Gasteiger partial charge in [0.05, 0.1) is 11.4 Å². The number of imidazole rings is 1. The first kappa shape index (κ1) is 13.3. The number of benzene rings is 1. The topological polar surface area (TPSA) is 43.3 Å². The van der Waals surface area contributed by atoms with Gasteiger partial charge in [0.2, 0.25) is 0 Å². The van der Waals surface area contributed by atoms with E-state index in [4.69, 9.17) is 10.7 Å². The summed E-state index contributed by atoms with van der Waals surface area (Å²) in [6, 6.07) is 8.63. The monoisotopic (exact) mass is 285 g/mol. The normalized spacial score (nSPS) is 11.4. The van der Waals surface area contributed by atoms with Crippen LogP contribution >= 0.6 is 11.3 Å². The summed E-state index contributed by atoms with van der Waals surface area (Å²) in [5, 5.41) is 0. The number of aryl methyl sites for hydroxylation is 3. The van der Waals surface area contributed by atoms with E-state index in [2.05, 4.69) is 49.4 Å². The maximum atomic E-state index is 5.98. The average molecular weight is 285 g/mol. The second-order valence-electron chi connectivity index (χ2n) is 5.02. The molecule has 0 fully saturated rings. The third-order valence-electron chi connectivity index (χ3n) is 3.86. The Bertz CT molecular complexity index is 750. The van der Waals surface area contributed by atoms with E-state index in [1.807, 2.05) is 0 Å². The summed E-state index contributed by atoms with van der Waals surface area (Å²) in [4.78, 5) is 7.13. The predicted molar refractivity (Wildman–Crippen MR) is 85.2 cm³/mol. The summed E-state index contributed by atoms with van der Waals surface area (Å²) >= 11 is 1.73. The van der Waals surface area contributed by atoms with Crippen molar-refractivity contribution in [2.24, 2.45) is 5.73 Å². The average Bonchev–Trinajstić information content (AvgIpc) is 2.96. The van der Waals surface area contributed by atoms with Crippen molar-refractivity contribution in [2.45, 2.75) is 33.7 Å². The minimum atomic E-state index is 0.503. The summed E-state index contributed by atoms with van der Waals surface area (Å²) in [7, 11) is 0. The molecule has 0 saturated carbocycles. The number of aromatic nitrogens is 2. The quantitative estimate of drug-likeness (QED) is 0.797. The molecule has 0 saturated heterocycles. The van der Waals surface area contributed by atoms with Crippen molar-refractivity contribution in [2.75, 3.05) is 0 Å². The van der Waals surface area contributed by atoms with Gasteiger partial charge in [-0.3, -0.25) is 4.40 Å². The fraction of sp³-hybridized carbons (Fsp3) is 0.312. The molecule has 0 atom stereocenters. The number of hydrogen-bond donors (Lipinski definition) is 1. The lowest BCUT2D eigenvalue weighted by atomic mass is 10.1. The molecule has 0 amide bonds. The molecule has 0 radical (unpaired) electrons. The molecule has 0 aliphatic rings. The van der Waals surface area contributed by atoms with Crippen LogP contribution in [0, 0.1) is 13.8 Å². The van der Waals surface area contributed by atoms with Gasteiger partial charge in [-0.1, -0.05) is 31.2 Å². The van der Waals surface area contributed by atoms with Crippen molar-refractivity contribution in [1.29, 1.82) is 0 Å². The van der Waals surface area contributed by atoms with Crippen LogP contribution in [0.1, 0.15) is 28.8 Å². The van der Waals surface area contributed by atoms with E-state index >= 15 is 0 Å². The van der Waals surface area contributed by atoms with E-state index in [9.17, 15) is 0 Å². The molecule has 20 heavy (non-hydrogen) atoms. The van der Waals surface area contributed by atoms with E-state index in [1.165, 1.54) is 16.1 Å². The number of thiazole rings is 1. The van der Waals surface area contributed by atoms with Gasteiger partial charge in [-0.05, 0) is 25.8 Å². The van der Waals surface area contributed by atoms with Crippen LogP contribution in [0.3, 0.4) is 0 Å². The van der Waals surface area contributed by atoms with Gasteiger partial charge in [0.1, 0.15) is 0 Å². The number of nitrogens with two attached hydrogens (primary N) is 1. The van der Waals surface area contributed by atoms with Gasteiger partial charge in [-0.15, -0.1) is 11.3 Å². The van der Waals surface area contributed by atoms with Crippen molar-refractivity contribution in [3.8, 4) is 11.3 Å². The van der Waals surface area contributed by atoms with Gasteiger partial charge in [-0.2, -0.15) is 0 Å². The summed E-state index contributed by atoms with van der Waals surface area (Å²) in [6.45, 7) is 6.93. The number of hydrogen-bond acceptors (Lipinski definition) is 3. The fourth-order valence-electron chi connectivity index (χ4n) is 2.53. The SMILES string of the molecule is CCc1ccc(-c2nc3sc(C)c(C)n3c2CN)cc1. The van der Waals surface area contributed by atoms with Gasteiger partial charge in [0.25, 0.3) is 0 Å². The second-order valence-corrected chi connectivity index (χ2v) is 6.20. The molecular weight excluding hydrogens is 266 g/mol. The highest BCUT2D eigenvalue weighted by Gasteiger charge is 2.17. The third-order valence-corrected chi connectivity index (χ3v) is 4.92. The predicted octanol–water partition coefficient (Wildman–Crippen LogP) is 3.70. The van der Waals surface area contributed by atoms with Crippen LogP contribution in [0.2, 0.25) is 0 Å². The second kappa shape index (κ2) is 5.04. The Morgan fingerprint density at radius 3 is 2.50 bits per heavy atom. The molecular formula is C16H19N3S. The highest BCUT2D eigenvalue weighted by atomic mass is 32.1. The molecule has 0 unspecified atom stereocenters. The first-order valence-electron chi connectivity index (χ1n) is 6.92. The van der Waals surface area contributed by atoms with Gasteiger partial charge in [0.15, 0.2) is 4.96 Å². The Morgan fingerprint density at radius 1 is 1.20 bits per heavy atom. The molecule has 3 aromatic rings. The number of fused-ring (bicyclic) bond motifs is 1. The van der Waals surface area contributed by atoms with Crippen LogP contribution in [-0.4, -0.2) is 9.38 Å². The van der Waals surface area contributed by atoms with Crippen LogP contribution in [-0.2, 0) is 13.0 Å². The van der Waals surface area contributed by atoms with Crippen LogP contribution in [0.25, 0.3) is 16.2 Å². The highest BCUT2D eigenvalue weighted by Crippen LogP contribution is 2.30. The zero-order valence-corrected chi connectivity index (χ0v) is 12.9. The third kappa shape index (κ3) is 1.96. The molecule has 0 aliphatic carbocycles. The lowest BCUT2D eigenvalue weighted by Gasteiger charge is -2.04. The molecule has 2 aromatic heterocycles. The van der Waals surface area contributed by atoms with Gasteiger partial charge >= 0.3 is 0 Å². The highest BCUT2D eigenvalue weighted by molar-refractivity contribution is 7.17. The summed E-state index contributed by atoms with van der Waals surface area (Å²) in [6.07, 6.45) is 1.06. The van der Waals surface area contributed by atoms with E-state index in [0.717, 1.165) is 28.3 Å². The molecule has 3 nitrogen and oxygen atoms in total. The van der Waals surface area contributed by atoms with Crippen LogP contribution in [0.4, 0.5) is 0 Å². The van der Waals surface area contributed by atoms with E-state index in [0.29, 0.717) is 6.54 Å². The Kier molecular flexibility index (Phi) is 3.36. The number of rotatable bonds is 3.